The molecule has 0 heterocycles. The minimum Gasteiger partial charge on any atom is -0.355 e. The van der Waals surface area contributed by atoms with Crippen LogP contribution in [-0.2, 0) is 26.2 Å². The van der Waals surface area contributed by atoms with Crippen molar-refractivity contribution in [3.63, 3.8) is 0 Å². The first-order valence-corrected chi connectivity index (χ1v) is 14.3. The molecule has 7 nitrogen and oxygen atoms in total. The van der Waals surface area contributed by atoms with E-state index in [0.717, 1.165) is 26.6 Å². The van der Waals surface area contributed by atoms with E-state index >= 15 is 0 Å². The molecule has 8 heteroatoms. The molecule has 1 N–H and O–H groups in total. The number of rotatable bonds is 11. The molecule has 0 radical (unpaired) electrons. The van der Waals surface area contributed by atoms with Gasteiger partial charge in [0.25, 0.3) is 10.0 Å². The van der Waals surface area contributed by atoms with Crippen molar-refractivity contribution < 1.29 is 18.0 Å². The fourth-order valence-corrected chi connectivity index (χ4v) is 5.77. The first-order chi connectivity index (χ1) is 18.1. The second kappa shape index (κ2) is 12.7. The average Bonchev–Trinajstić information content (AvgIpc) is 2.89. The average molecular weight is 536 g/mol. The first-order valence-electron chi connectivity index (χ1n) is 12.9. The van der Waals surface area contributed by atoms with Gasteiger partial charge in [0.05, 0.1) is 10.6 Å². The van der Waals surface area contributed by atoms with Crippen molar-refractivity contribution in [2.45, 2.75) is 58.5 Å². The zero-order valence-corrected chi connectivity index (χ0v) is 23.6. The maximum Gasteiger partial charge on any atom is 0.264 e. The smallest absolute Gasteiger partial charge is 0.264 e. The van der Waals surface area contributed by atoms with Crippen molar-refractivity contribution in [2.75, 3.05) is 17.4 Å². The lowest BCUT2D eigenvalue weighted by atomic mass is 10.1. The van der Waals surface area contributed by atoms with Crippen LogP contribution in [0.15, 0.2) is 77.7 Å². The van der Waals surface area contributed by atoms with Crippen LogP contribution in [-0.4, -0.2) is 44.3 Å². The fraction of sp³-hybridized carbons (Fsp3) is 0.333. The van der Waals surface area contributed by atoms with E-state index in [1.807, 2.05) is 71.0 Å². The highest BCUT2D eigenvalue weighted by Crippen LogP contribution is 2.27. The highest BCUT2D eigenvalue weighted by atomic mass is 32.2. The van der Waals surface area contributed by atoms with Crippen LogP contribution in [0.4, 0.5) is 5.69 Å². The van der Waals surface area contributed by atoms with Gasteiger partial charge >= 0.3 is 0 Å². The highest BCUT2D eigenvalue weighted by molar-refractivity contribution is 7.92. The molecule has 0 aliphatic carbocycles. The Morgan fingerprint density at radius 3 is 1.97 bits per heavy atom. The Labute approximate surface area is 226 Å². The number of amides is 2. The number of carbonyl (C=O) groups excluding carboxylic acids is 2. The van der Waals surface area contributed by atoms with Crippen molar-refractivity contribution in [3.05, 3.63) is 95.1 Å². The summed E-state index contributed by atoms with van der Waals surface area (Å²) in [5, 5.41) is 2.82. The molecule has 0 saturated carbocycles. The molecule has 0 unspecified atom stereocenters. The van der Waals surface area contributed by atoms with E-state index < -0.39 is 28.5 Å². The van der Waals surface area contributed by atoms with Gasteiger partial charge in [-0.05, 0) is 63.4 Å². The number of aryl methyl sites for hydroxylation is 3. The van der Waals surface area contributed by atoms with E-state index in [9.17, 15) is 18.0 Å². The lowest BCUT2D eigenvalue weighted by Gasteiger charge is -2.33. The molecule has 0 aliphatic heterocycles. The summed E-state index contributed by atoms with van der Waals surface area (Å²) in [6.45, 7) is 9.51. The molecule has 2 amide bonds. The van der Waals surface area contributed by atoms with Gasteiger partial charge in [0, 0.05) is 13.1 Å². The van der Waals surface area contributed by atoms with Crippen LogP contribution in [0.3, 0.4) is 0 Å². The van der Waals surface area contributed by atoms with E-state index in [0.29, 0.717) is 18.7 Å². The number of sulfonamides is 1. The maximum atomic E-state index is 14.0. The molecule has 0 aromatic heterocycles. The Bertz CT molecular complexity index is 1350. The van der Waals surface area contributed by atoms with Gasteiger partial charge in [-0.25, -0.2) is 8.42 Å². The molecule has 3 rings (SSSR count). The van der Waals surface area contributed by atoms with Crippen molar-refractivity contribution in [2.24, 2.45) is 0 Å². The second-order valence-corrected chi connectivity index (χ2v) is 11.3. The van der Waals surface area contributed by atoms with E-state index in [1.165, 1.54) is 4.90 Å². The Morgan fingerprint density at radius 2 is 1.42 bits per heavy atom. The standard InChI is InChI=1S/C30H37N3O4S/c1-6-27(30(35)31-7-2)32(20-25-16-12-22(3)13-17-25)29(34)21-33(28-11-9-8-10-24(28)5)38(36,37)26-18-14-23(4)15-19-26/h8-19,27H,6-7,20-21H2,1-5H3,(H,31,35)/t27-/m0/s1. The quantitative estimate of drug-likeness (QED) is 0.384. The van der Waals surface area contributed by atoms with Gasteiger partial charge < -0.3 is 10.2 Å². The van der Waals surface area contributed by atoms with Gasteiger partial charge in [-0.15, -0.1) is 0 Å². The largest absolute Gasteiger partial charge is 0.355 e. The molecule has 3 aromatic carbocycles. The molecule has 0 spiro atoms. The van der Waals surface area contributed by atoms with Crippen LogP contribution < -0.4 is 9.62 Å². The monoisotopic (exact) mass is 535 g/mol. The zero-order valence-electron chi connectivity index (χ0n) is 22.8. The van der Waals surface area contributed by atoms with Gasteiger partial charge in [-0.2, -0.15) is 0 Å². The minimum absolute atomic E-state index is 0.0972. The molecular formula is C30H37N3O4S. The van der Waals surface area contributed by atoms with Crippen LogP contribution in [0, 0.1) is 20.8 Å². The normalized spacial score (nSPS) is 12.0. The third-order valence-corrected chi connectivity index (χ3v) is 8.26. The number of nitrogens with zero attached hydrogens (tertiary/aromatic N) is 2. The van der Waals surface area contributed by atoms with Gasteiger partial charge in [0.2, 0.25) is 11.8 Å². The van der Waals surface area contributed by atoms with Crippen LogP contribution in [0.2, 0.25) is 0 Å². The van der Waals surface area contributed by atoms with Crippen molar-refractivity contribution in [1.82, 2.24) is 10.2 Å². The van der Waals surface area contributed by atoms with Crippen LogP contribution in [0.5, 0.6) is 0 Å². The topological polar surface area (TPSA) is 86.8 Å². The molecule has 3 aromatic rings. The van der Waals surface area contributed by atoms with E-state index in [-0.39, 0.29) is 17.3 Å². The van der Waals surface area contributed by atoms with Gasteiger partial charge in [-0.1, -0.05) is 72.6 Å². The maximum absolute atomic E-state index is 14.0. The number of carbonyl (C=O) groups is 2. The SMILES string of the molecule is CCNC(=O)[C@H](CC)N(Cc1ccc(C)cc1)C(=O)CN(c1ccccc1C)S(=O)(=O)c1ccc(C)cc1. The molecule has 0 aliphatic rings. The van der Waals surface area contributed by atoms with Crippen LogP contribution in [0.1, 0.15) is 42.5 Å². The number of likely N-dealkylation sites (N-methyl/N-ethyl adjacent to an activating group) is 1. The Hall–Kier alpha value is -3.65. The lowest BCUT2D eigenvalue weighted by molar-refractivity contribution is -0.140. The third kappa shape index (κ3) is 6.81. The van der Waals surface area contributed by atoms with E-state index in [1.54, 1.807) is 36.4 Å². The molecule has 38 heavy (non-hydrogen) atoms. The first kappa shape index (κ1) is 28.9. The van der Waals surface area contributed by atoms with E-state index in [4.69, 9.17) is 0 Å². The van der Waals surface area contributed by atoms with Gasteiger partial charge in [0.15, 0.2) is 0 Å². The Balaban J connectivity index is 2.06. The number of benzene rings is 3. The number of anilines is 1. The summed E-state index contributed by atoms with van der Waals surface area (Å²) in [6, 6.07) is 20.6. The van der Waals surface area contributed by atoms with E-state index in [2.05, 4.69) is 5.32 Å². The van der Waals surface area contributed by atoms with Crippen LogP contribution in [0.25, 0.3) is 0 Å². The predicted molar refractivity (Wildman–Crippen MR) is 151 cm³/mol. The summed E-state index contributed by atoms with van der Waals surface area (Å²) >= 11 is 0. The Morgan fingerprint density at radius 1 is 0.842 bits per heavy atom. The minimum atomic E-state index is -4.08. The molecule has 0 saturated heterocycles. The fourth-order valence-electron chi connectivity index (χ4n) is 4.30. The van der Waals surface area contributed by atoms with Gasteiger partial charge in [0.1, 0.15) is 12.6 Å². The second-order valence-electron chi connectivity index (χ2n) is 9.44. The molecule has 1 atom stereocenters. The van der Waals surface area contributed by atoms with Crippen molar-refractivity contribution in [1.29, 1.82) is 0 Å². The van der Waals surface area contributed by atoms with Gasteiger partial charge in [-0.3, -0.25) is 13.9 Å². The molecule has 202 valence electrons. The predicted octanol–water partition coefficient (Wildman–Crippen LogP) is 4.75. The highest BCUT2D eigenvalue weighted by Gasteiger charge is 2.34. The summed E-state index contributed by atoms with van der Waals surface area (Å²) in [4.78, 5) is 28.6. The number of nitrogens with one attached hydrogen (secondary N) is 1. The molecule has 0 bridgehead atoms. The summed E-state index contributed by atoms with van der Waals surface area (Å²) in [7, 11) is -4.08. The number of hydrogen-bond donors (Lipinski definition) is 1. The summed E-state index contributed by atoms with van der Waals surface area (Å²) < 4.78 is 29.0. The molecular weight excluding hydrogens is 498 g/mol. The number of hydrogen-bond acceptors (Lipinski definition) is 4. The van der Waals surface area contributed by atoms with Crippen molar-refractivity contribution >= 4 is 27.5 Å². The van der Waals surface area contributed by atoms with Crippen LogP contribution >= 0.6 is 0 Å². The summed E-state index contributed by atoms with van der Waals surface area (Å²) in [6.07, 6.45) is 0.387. The number of para-hydroxylation sites is 1. The lowest BCUT2D eigenvalue weighted by Crippen LogP contribution is -2.52. The summed E-state index contributed by atoms with van der Waals surface area (Å²) in [5.41, 5.74) is 4.01. The zero-order chi connectivity index (χ0) is 27.9. The summed E-state index contributed by atoms with van der Waals surface area (Å²) in [5.74, 6) is -0.720. The third-order valence-electron chi connectivity index (χ3n) is 6.48. The Kier molecular flexibility index (Phi) is 9.69. The molecule has 0 fully saturated rings. The van der Waals surface area contributed by atoms with Crippen molar-refractivity contribution in [3.8, 4) is 0 Å².